The lowest BCUT2D eigenvalue weighted by Crippen LogP contribution is -2.52. The zero-order valence-corrected chi connectivity index (χ0v) is 25.4. The molecule has 2 amide bonds. The van der Waals surface area contributed by atoms with Crippen LogP contribution in [0.5, 0.6) is 0 Å². The molecule has 0 unspecified atom stereocenters. The minimum absolute atomic E-state index is 0.346. The van der Waals surface area contributed by atoms with Gasteiger partial charge in [0.2, 0.25) is 5.91 Å². The number of amides is 2. The summed E-state index contributed by atoms with van der Waals surface area (Å²) in [7, 11) is 2.03. The van der Waals surface area contributed by atoms with E-state index in [9.17, 15) is 14.4 Å². The highest BCUT2D eigenvalue weighted by atomic mass is 35.5. The summed E-state index contributed by atoms with van der Waals surface area (Å²) in [5.74, 6) is -1.32. The number of carbonyl (C=O) groups is 3. The molecule has 0 aliphatic heterocycles. The Morgan fingerprint density at radius 1 is 0.977 bits per heavy atom. The first-order valence-corrected chi connectivity index (χ1v) is 14.9. The summed E-state index contributed by atoms with van der Waals surface area (Å²) >= 11 is 6.40. The van der Waals surface area contributed by atoms with Crippen molar-refractivity contribution in [1.29, 1.82) is 0 Å². The summed E-state index contributed by atoms with van der Waals surface area (Å²) in [5, 5.41) is 16.3. The summed E-state index contributed by atoms with van der Waals surface area (Å²) in [4.78, 5) is 37.4. The maximum Gasteiger partial charge on any atom is 0.328 e. The Morgan fingerprint density at radius 3 is 2.37 bits per heavy atom. The van der Waals surface area contributed by atoms with Gasteiger partial charge in [0, 0.05) is 40.3 Å². The van der Waals surface area contributed by atoms with Crippen LogP contribution in [0.3, 0.4) is 0 Å². The average Bonchev–Trinajstić information content (AvgIpc) is 3.28. The molecule has 222 valence electrons. The number of rotatable bonds is 8. The first kappa shape index (κ1) is 30.1. The topological polar surface area (TPSA) is 100 Å². The molecule has 5 rings (SSSR count). The van der Waals surface area contributed by atoms with E-state index in [4.69, 9.17) is 16.7 Å². The van der Waals surface area contributed by atoms with Crippen LogP contribution in [-0.2, 0) is 16.6 Å². The molecule has 1 fully saturated rings. The van der Waals surface area contributed by atoms with Gasteiger partial charge in [-0.25, -0.2) is 4.79 Å². The second kappa shape index (κ2) is 12.5. The molecule has 0 bridgehead atoms. The van der Waals surface area contributed by atoms with Gasteiger partial charge in [0.1, 0.15) is 5.54 Å². The van der Waals surface area contributed by atoms with Crippen LogP contribution in [0.15, 0.2) is 72.8 Å². The van der Waals surface area contributed by atoms with E-state index in [1.807, 2.05) is 43.4 Å². The van der Waals surface area contributed by atoms with Crippen LogP contribution in [-0.4, -0.2) is 33.0 Å². The number of anilines is 1. The summed E-state index contributed by atoms with van der Waals surface area (Å²) in [6.45, 7) is 3.31. The minimum atomic E-state index is -1.21. The van der Waals surface area contributed by atoms with Crippen LogP contribution < -0.4 is 10.6 Å². The highest BCUT2D eigenvalue weighted by Crippen LogP contribution is 2.44. The maximum absolute atomic E-state index is 13.5. The molecule has 0 spiro atoms. The number of halogens is 1. The van der Waals surface area contributed by atoms with Crippen molar-refractivity contribution in [2.45, 2.75) is 57.4 Å². The van der Waals surface area contributed by atoms with Gasteiger partial charge >= 0.3 is 5.97 Å². The van der Waals surface area contributed by atoms with E-state index >= 15 is 0 Å². The second-order valence-electron chi connectivity index (χ2n) is 11.7. The van der Waals surface area contributed by atoms with Crippen molar-refractivity contribution in [2.75, 3.05) is 5.32 Å². The monoisotopic (exact) mass is 597 g/mol. The third-order valence-corrected chi connectivity index (χ3v) is 8.43. The lowest BCUT2D eigenvalue weighted by Gasteiger charge is -2.25. The lowest BCUT2D eigenvalue weighted by molar-refractivity contribution is -0.131. The molecule has 3 N–H and O–H groups in total. The Labute approximate surface area is 256 Å². The van der Waals surface area contributed by atoms with Crippen molar-refractivity contribution in [2.24, 2.45) is 7.05 Å². The Hall–Kier alpha value is -4.36. The molecule has 1 aromatic heterocycles. The van der Waals surface area contributed by atoms with Gasteiger partial charge in [-0.15, -0.1) is 0 Å². The van der Waals surface area contributed by atoms with Crippen molar-refractivity contribution < 1.29 is 19.5 Å². The normalized spacial score (nSPS) is 14.2. The SMILES string of the molecule is Cn1c(-c2cccc(Cl)c2)c(C2CCCCC2)c2ccc(C(=O)NC(C)(C)C(=O)Nc3ccc(/C=C/C(=O)O)cc3)cc21. The van der Waals surface area contributed by atoms with Crippen molar-refractivity contribution in [3.8, 4) is 11.3 Å². The summed E-state index contributed by atoms with van der Waals surface area (Å²) < 4.78 is 2.16. The number of fused-ring (bicyclic) bond motifs is 1. The van der Waals surface area contributed by atoms with E-state index in [-0.39, 0.29) is 11.8 Å². The van der Waals surface area contributed by atoms with E-state index in [0.29, 0.717) is 27.8 Å². The van der Waals surface area contributed by atoms with Gasteiger partial charge in [-0.1, -0.05) is 61.2 Å². The largest absolute Gasteiger partial charge is 0.478 e. The van der Waals surface area contributed by atoms with Gasteiger partial charge in [0.15, 0.2) is 0 Å². The maximum atomic E-state index is 13.5. The smallest absolute Gasteiger partial charge is 0.328 e. The Bertz CT molecular complexity index is 1710. The summed E-state index contributed by atoms with van der Waals surface area (Å²) in [6.07, 6.45) is 8.47. The minimum Gasteiger partial charge on any atom is -0.478 e. The van der Waals surface area contributed by atoms with Crippen molar-refractivity contribution in [3.63, 3.8) is 0 Å². The molecule has 1 aliphatic rings. The molecule has 1 aliphatic carbocycles. The molecule has 1 heterocycles. The molecular formula is C35H36ClN3O4. The van der Waals surface area contributed by atoms with Gasteiger partial charge in [0.05, 0.1) is 5.69 Å². The van der Waals surface area contributed by atoms with Gasteiger partial charge in [-0.05, 0) is 91.8 Å². The van der Waals surface area contributed by atoms with Crippen molar-refractivity contribution in [1.82, 2.24) is 9.88 Å². The van der Waals surface area contributed by atoms with Gasteiger partial charge in [-0.2, -0.15) is 0 Å². The van der Waals surface area contributed by atoms with Crippen LogP contribution in [0.2, 0.25) is 5.02 Å². The molecule has 1 saturated carbocycles. The Balaban J connectivity index is 1.40. The Kier molecular flexibility index (Phi) is 8.74. The molecule has 7 nitrogen and oxygen atoms in total. The molecule has 4 aromatic rings. The number of benzene rings is 3. The van der Waals surface area contributed by atoms with E-state index < -0.39 is 11.5 Å². The fourth-order valence-corrected chi connectivity index (χ4v) is 6.13. The van der Waals surface area contributed by atoms with E-state index in [1.165, 1.54) is 30.9 Å². The number of carboxylic acid groups (broad SMARTS) is 1. The summed E-state index contributed by atoms with van der Waals surface area (Å²) in [6, 6.07) is 20.5. The van der Waals surface area contributed by atoms with E-state index in [2.05, 4.69) is 21.3 Å². The van der Waals surface area contributed by atoms with Gasteiger partial charge in [0.25, 0.3) is 5.91 Å². The highest BCUT2D eigenvalue weighted by molar-refractivity contribution is 6.30. The van der Waals surface area contributed by atoms with Crippen LogP contribution >= 0.6 is 11.6 Å². The van der Waals surface area contributed by atoms with Crippen molar-refractivity contribution >= 4 is 52.1 Å². The number of aryl methyl sites for hydroxylation is 1. The quantitative estimate of drug-likeness (QED) is 0.180. The van der Waals surface area contributed by atoms with Gasteiger partial charge < -0.3 is 20.3 Å². The summed E-state index contributed by atoms with van der Waals surface area (Å²) in [5.41, 5.74) is 4.95. The molecule has 0 saturated heterocycles. The fourth-order valence-electron chi connectivity index (χ4n) is 5.94. The molecular weight excluding hydrogens is 562 g/mol. The predicted octanol–water partition coefficient (Wildman–Crippen LogP) is 7.79. The molecule has 0 atom stereocenters. The lowest BCUT2D eigenvalue weighted by atomic mass is 9.82. The third-order valence-electron chi connectivity index (χ3n) is 8.19. The first-order chi connectivity index (χ1) is 20.5. The number of hydrogen-bond donors (Lipinski definition) is 3. The number of carbonyl (C=O) groups excluding carboxylic acids is 2. The number of nitrogens with zero attached hydrogens (tertiary/aromatic N) is 1. The number of carboxylic acids is 1. The number of nitrogens with one attached hydrogen (secondary N) is 2. The third kappa shape index (κ3) is 6.67. The van der Waals surface area contributed by atoms with E-state index in [1.54, 1.807) is 38.1 Å². The standard InChI is InChI=1S/C35H36ClN3O4/c1-35(2,34(43)37-27-16-12-22(13-17-27)14-19-30(40)41)38-33(42)25-15-18-28-29(21-25)39(3)32(24-10-7-11-26(36)20-24)31(28)23-8-5-4-6-9-23/h7,10-21,23H,4-6,8-9H2,1-3H3,(H,37,43)(H,38,42)(H,40,41)/b19-14+. The Morgan fingerprint density at radius 2 is 1.70 bits per heavy atom. The molecule has 8 heteroatoms. The molecule has 0 radical (unpaired) electrons. The van der Waals surface area contributed by atoms with Crippen LogP contribution in [0.4, 0.5) is 5.69 Å². The fraction of sp³-hybridized carbons (Fsp3) is 0.286. The van der Waals surface area contributed by atoms with Crippen LogP contribution in [0.1, 0.15) is 73.4 Å². The molecule has 43 heavy (non-hydrogen) atoms. The predicted molar refractivity (Wildman–Crippen MR) is 172 cm³/mol. The zero-order valence-electron chi connectivity index (χ0n) is 24.6. The average molecular weight is 598 g/mol. The van der Waals surface area contributed by atoms with Crippen LogP contribution in [0, 0.1) is 0 Å². The number of aliphatic carboxylic acids is 1. The highest BCUT2D eigenvalue weighted by Gasteiger charge is 2.31. The van der Waals surface area contributed by atoms with Crippen LogP contribution in [0.25, 0.3) is 28.2 Å². The first-order valence-electron chi connectivity index (χ1n) is 14.6. The number of aromatic nitrogens is 1. The van der Waals surface area contributed by atoms with E-state index in [0.717, 1.165) is 41.1 Å². The van der Waals surface area contributed by atoms with Crippen molar-refractivity contribution in [3.05, 3.63) is 94.5 Å². The zero-order chi connectivity index (χ0) is 30.7. The molecule has 3 aromatic carbocycles. The number of hydrogen-bond acceptors (Lipinski definition) is 3. The second-order valence-corrected chi connectivity index (χ2v) is 12.2. The van der Waals surface area contributed by atoms with Gasteiger partial charge in [-0.3, -0.25) is 9.59 Å².